The molecular weight excluding hydrogens is 359 g/mol. The molecule has 0 atom stereocenters. The van der Waals surface area contributed by atoms with Gasteiger partial charge in [0.05, 0.1) is 0 Å². The number of halogens is 2. The molecule has 2 nitrogen and oxygen atoms in total. The zero-order valence-corrected chi connectivity index (χ0v) is 11.6. The molecule has 2 rings (SSSR count). The first-order valence-electron chi connectivity index (χ1n) is 4.36. The van der Waals surface area contributed by atoms with Crippen molar-refractivity contribution < 1.29 is 9.90 Å². The molecule has 16 heavy (non-hydrogen) atoms. The van der Waals surface area contributed by atoms with Gasteiger partial charge in [0.1, 0.15) is 4.88 Å². The average Bonchev–Trinajstić information content (AvgIpc) is 2.66. The SMILES string of the molecule is O=C(O)c1ccc(-c2ccc(Cl)cc2I)s1. The van der Waals surface area contributed by atoms with Gasteiger partial charge in [0, 0.05) is 19.0 Å². The topological polar surface area (TPSA) is 37.3 Å². The Morgan fingerprint density at radius 3 is 2.62 bits per heavy atom. The minimum Gasteiger partial charge on any atom is -0.477 e. The number of carboxylic acids is 1. The highest BCUT2D eigenvalue weighted by Crippen LogP contribution is 2.32. The predicted molar refractivity (Wildman–Crippen MR) is 74.4 cm³/mol. The molecule has 0 fully saturated rings. The fourth-order valence-electron chi connectivity index (χ4n) is 1.29. The highest BCUT2D eigenvalue weighted by atomic mass is 127. The Bertz CT molecular complexity index is 551. The van der Waals surface area contributed by atoms with E-state index in [9.17, 15) is 4.79 Å². The maximum atomic E-state index is 10.8. The maximum absolute atomic E-state index is 10.8. The molecule has 0 radical (unpaired) electrons. The van der Waals surface area contributed by atoms with Crippen LogP contribution in [0.2, 0.25) is 5.02 Å². The first-order chi connectivity index (χ1) is 7.58. The van der Waals surface area contributed by atoms with Gasteiger partial charge in [-0.2, -0.15) is 0 Å². The van der Waals surface area contributed by atoms with Gasteiger partial charge < -0.3 is 5.11 Å². The lowest BCUT2D eigenvalue weighted by atomic mass is 10.2. The van der Waals surface area contributed by atoms with E-state index in [1.807, 2.05) is 18.2 Å². The van der Waals surface area contributed by atoms with Crippen LogP contribution in [0, 0.1) is 3.57 Å². The van der Waals surface area contributed by atoms with Crippen LogP contribution in [0.25, 0.3) is 10.4 Å². The molecule has 0 spiro atoms. The van der Waals surface area contributed by atoms with Crippen molar-refractivity contribution in [1.29, 1.82) is 0 Å². The summed E-state index contributed by atoms with van der Waals surface area (Å²) in [5, 5.41) is 9.53. The van der Waals surface area contributed by atoms with Crippen LogP contribution in [0.1, 0.15) is 9.67 Å². The predicted octanol–water partition coefficient (Wildman–Crippen LogP) is 4.37. The molecular formula is C11H6ClIO2S. The summed E-state index contributed by atoms with van der Waals surface area (Å²) in [6, 6.07) is 9.00. The molecule has 0 aliphatic rings. The smallest absolute Gasteiger partial charge is 0.345 e. The second-order valence-electron chi connectivity index (χ2n) is 3.09. The molecule has 0 saturated heterocycles. The van der Waals surface area contributed by atoms with Gasteiger partial charge in [-0.05, 0) is 46.9 Å². The maximum Gasteiger partial charge on any atom is 0.345 e. The van der Waals surface area contributed by atoms with Gasteiger partial charge in [-0.25, -0.2) is 4.79 Å². The summed E-state index contributed by atoms with van der Waals surface area (Å²) < 4.78 is 1.02. The van der Waals surface area contributed by atoms with Crippen molar-refractivity contribution in [1.82, 2.24) is 0 Å². The highest BCUT2D eigenvalue weighted by Gasteiger charge is 2.10. The molecule has 0 amide bonds. The third-order valence-corrected chi connectivity index (χ3v) is 4.25. The lowest BCUT2D eigenvalue weighted by Crippen LogP contribution is -1.89. The van der Waals surface area contributed by atoms with Gasteiger partial charge in [0.2, 0.25) is 0 Å². The monoisotopic (exact) mass is 364 g/mol. The van der Waals surface area contributed by atoms with E-state index in [1.165, 1.54) is 11.3 Å². The molecule has 1 heterocycles. The average molecular weight is 365 g/mol. The summed E-state index contributed by atoms with van der Waals surface area (Å²) in [6.07, 6.45) is 0. The first-order valence-corrected chi connectivity index (χ1v) is 6.64. The number of benzene rings is 1. The molecule has 2 aromatic rings. The van der Waals surface area contributed by atoms with E-state index in [-0.39, 0.29) is 0 Å². The van der Waals surface area contributed by atoms with Crippen LogP contribution in [0.15, 0.2) is 30.3 Å². The van der Waals surface area contributed by atoms with Gasteiger partial charge in [0.25, 0.3) is 0 Å². The van der Waals surface area contributed by atoms with Crippen molar-refractivity contribution in [3.8, 4) is 10.4 Å². The Hall–Kier alpha value is -0.590. The fourth-order valence-corrected chi connectivity index (χ4v) is 3.52. The third-order valence-electron chi connectivity index (χ3n) is 2.01. The number of carbonyl (C=O) groups is 1. The van der Waals surface area contributed by atoms with E-state index < -0.39 is 5.97 Å². The van der Waals surface area contributed by atoms with Gasteiger partial charge in [-0.15, -0.1) is 11.3 Å². The van der Waals surface area contributed by atoms with E-state index in [2.05, 4.69) is 22.6 Å². The van der Waals surface area contributed by atoms with Crippen molar-refractivity contribution in [2.24, 2.45) is 0 Å². The summed E-state index contributed by atoms with van der Waals surface area (Å²) in [5.74, 6) is -0.889. The molecule has 1 aromatic heterocycles. The first kappa shape index (κ1) is 11.9. The largest absolute Gasteiger partial charge is 0.477 e. The van der Waals surface area contributed by atoms with Crippen LogP contribution in [0.3, 0.4) is 0 Å². The normalized spacial score (nSPS) is 10.4. The molecule has 5 heteroatoms. The standard InChI is InChI=1S/C11H6ClIO2S/c12-6-1-2-7(8(13)5-6)9-3-4-10(16-9)11(14)15/h1-5H,(H,14,15). The zero-order valence-electron chi connectivity index (χ0n) is 7.91. The summed E-state index contributed by atoms with van der Waals surface area (Å²) in [4.78, 5) is 12.1. The number of carboxylic acid groups (broad SMARTS) is 1. The Morgan fingerprint density at radius 2 is 2.06 bits per heavy atom. The summed E-state index contributed by atoms with van der Waals surface area (Å²) in [6.45, 7) is 0. The van der Waals surface area contributed by atoms with Crippen LogP contribution < -0.4 is 0 Å². The van der Waals surface area contributed by atoms with Crippen molar-refractivity contribution in [3.05, 3.63) is 43.8 Å². The van der Waals surface area contributed by atoms with E-state index in [0.29, 0.717) is 9.90 Å². The quantitative estimate of drug-likeness (QED) is 0.803. The zero-order chi connectivity index (χ0) is 11.7. The van der Waals surface area contributed by atoms with Crippen LogP contribution in [0.4, 0.5) is 0 Å². The molecule has 0 bridgehead atoms. The van der Waals surface area contributed by atoms with Gasteiger partial charge in [0.15, 0.2) is 0 Å². The van der Waals surface area contributed by atoms with Gasteiger partial charge in [-0.1, -0.05) is 17.7 Å². The lowest BCUT2D eigenvalue weighted by molar-refractivity contribution is 0.0702. The molecule has 82 valence electrons. The van der Waals surface area contributed by atoms with E-state index in [0.717, 1.165) is 14.0 Å². The van der Waals surface area contributed by atoms with Gasteiger partial charge in [-0.3, -0.25) is 0 Å². The Kier molecular flexibility index (Phi) is 3.51. The number of hydrogen-bond donors (Lipinski definition) is 1. The minimum atomic E-state index is -0.889. The van der Waals surface area contributed by atoms with Crippen molar-refractivity contribution >= 4 is 51.5 Å². The van der Waals surface area contributed by atoms with Crippen molar-refractivity contribution in [3.63, 3.8) is 0 Å². The van der Waals surface area contributed by atoms with E-state index in [4.69, 9.17) is 16.7 Å². The number of thiophene rings is 1. The summed E-state index contributed by atoms with van der Waals surface area (Å²) in [7, 11) is 0. The van der Waals surface area contributed by atoms with E-state index >= 15 is 0 Å². The summed E-state index contributed by atoms with van der Waals surface area (Å²) >= 11 is 9.32. The number of rotatable bonds is 2. The molecule has 0 unspecified atom stereocenters. The Labute approximate surface area is 115 Å². The van der Waals surface area contributed by atoms with Crippen molar-refractivity contribution in [2.75, 3.05) is 0 Å². The highest BCUT2D eigenvalue weighted by molar-refractivity contribution is 14.1. The molecule has 0 aliphatic carbocycles. The van der Waals surface area contributed by atoms with Crippen LogP contribution >= 0.6 is 45.5 Å². The fraction of sp³-hybridized carbons (Fsp3) is 0. The van der Waals surface area contributed by atoms with Crippen LogP contribution in [-0.4, -0.2) is 11.1 Å². The van der Waals surface area contributed by atoms with Crippen LogP contribution in [0.5, 0.6) is 0 Å². The van der Waals surface area contributed by atoms with Crippen LogP contribution in [-0.2, 0) is 0 Å². The number of hydrogen-bond acceptors (Lipinski definition) is 2. The Balaban J connectivity index is 2.46. The molecule has 0 aliphatic heterocycles. The molecule has 1 aromatic carbocycles. The lowest BCUT2D eigenvalue weighted by Gasteiger charge is -2.01. The number of aromatic carboxylic acids is 1. The molecule has 0 saturated carbocycles. The third kappa shape index (κ3) is 2.39. The second kappa shape index (κ2) is 4.73. The van der Waals surface area contributed by atoms with Crippen molar-refractivity contribution in [2.45, 2.75) is 0 Å². The molecule has 1 N–H and O–H groups in total. The minimum absolute atomic E-state index is 0.348. The second-order valence-corrected chi connectivity index (χ2v) is 5.78. The van der Waals surface area contributed by atoms with E-state index in [1.54, 1.807) is 12.1 Å². The summed E-state index contributed by atoms with van der Waals surface area (Å²) in [5.41, 5.74) is 1.02. The van der Waals surface area contributed by atoms with Gasteiger partial charge >= 0.3 is 5.97 Å². The Morgan fingerprint density at radius 1 is 1.31 bits per heavy atom.